The van der Waals surface area contributed by atoms with Gasteiger partial charge in [-0.2, -0.15) is 0 Å². The Kier molecular flexibility index (Phi) is 6.61. The van der Waals surface area contributed by atoms with Crippen LogP contribution in [0.25, 0.3) is 16.7 Å². The molecule has 0 atom stereocenters. The molecule has 1 heterocycles. The number of hydrogen-bond donors (Lipinski definition) is 2. The van der Waals surface area contributed by atoms with E-state index >= 15 is 0 Å². The van der Waals surface area contributed by atoms with Crippen LogP contribution in [-0.4, -0.2) is 33.1 Å². The first-order chi connectivity index (χ1) is 13.3. The monoisotopic (exact) mass is 398 g/mol. The van der Waals surface area contributed by atoms with E-state index in [0.29, 0.717) is 18.6 Å². The molecule has 1 aromatic heterocycles. The van der Waals surface area contributed by atoms with Crippen LogP contribution in [-0.2, 0) is 6.16 Å². The molecule has 2 aromatic carbocycles. The molecule has 2 N–H and O–H groups in total. The third kappa shape index (κ3) is 5.48. The normalized spacial score (nSPS) is 12.6. The molecule has 28 heavy (non-hydrogen) atoms. The fourth-order valence-corrected chi connectivity index (χ4v) is 4.96. The van der Waals surface area contributed by atoms with Gasteiger partial charge in [0.05, 0.1) is 0 Å². The van der Waals surface area contributed by atoms with Crippen LogP contribution in [0.2, 0.25) is 0 Å². The van der Waals surface area contributed by atoms with Gasteiger partial charge in [-0.1, -0.05) is 0 Å². The number of hydrogen-bond acceptors (Lipinski definition) is 4. The Hall–Kier alpha value is -2.07. The molecule has 0 radical (unpaired) electrons. The summed E-state index contributed by atoms with van der Waals surface area (Å²) in [6, 6.07) is 16.1. The molecular weight excluding hydrogens is 367 g/mol. The number of para-hydroxylation sites is 1. The molecule has 0 saturated carbocycles. The van der Waals surface area contributed by atoms with Gasteiger partial charge in [0.2, 0.25) is 0 Å². The molecule has 3 aromatic rings. The van der Waals surface area contributed by atoms with Crippen molar-refractivity contribution in [3.05, 3.63) is 66.2 Å². The zero-order chi connectivity index (χ0) is 20.1. The van der Waals surface area contributed by atoms with Gasteiger partial charge in [-0.25, -0.2) is 0 Å². The first-order valence-electron chi connectivity index (χ1n) is 9.88. The number of aromatic nitrogens is 3. The fraction of sp³-hybridized carbons (Fsp3) is 0.364. The van der Waals surface area contributed by atoms with Crippen molar-refractivity contribution in [1.82, 2.24) is 20.1 Å². The summed E-state index contributed by atoms with van der Waals surface area (Å²) in [7, 11) is -2.54. The second-order valence-corrected chi connectivity index (χ2v) is 11.4. The molecule has 0 aliphatic heterocycles. The van der Waals surface area contributed by atoms with Crippen LogP contribution in [0.1, 0.15) is 32.3 Å². The van der Waals surface area contributed by atoms with Crippen LogP contribution in [0.3, 0.4) is 0 Å². The number of rotatable bonds is 9. The number of fused-ring (bicyclic) bond motifs is 1. The van der Waals surface area contributed by atoms with Crippen LogP contribution < -0.4 is 5.09 Å². The molecule has 3 rings (SSSR count). The Morgan fingerprint density at radius 2 is 1.89 bits per heavy atom. The zero-order valence-corrected chi connectivity index (χ0v) is 18.0. The number of nitrogens with one attached hydrogen (secondary N) is 1. The van der Waals surface area contributed by atoms with Crippen LogP contribution in [0, 0.1) is 5.92 Å². The van der Waals surface area contributed by atoms with Gasteiger partial charge in [0.25, 0.3) is 0 Å². The summed E-state index contributed by atoms with van der Waals surface area (Å²) in [5, 5.41) is 11.8. The minimum atomic E-state index is -2.54. The Labute approximate surface area is 167 Å². The maximum atomic E-state index is 10.8. The van der Waals surface area contributed by atoms with Gasteiger partial charge in [-0.3, -0.25) is 0 Å². The molecule has 0 spiro atoms. The van der Waals surface area contributed by atoms with Gasteiger partial charge < -0.3 is 0 Å². The van der Waals surface area contributed by atoms with Crippen LogP contribution in [0.4, 0.5) is 0 Å². The van der Waals surface area contributed by atoms with E-state index in [1.807, 2.05) is 47.7 Å². The number of benzene rings is 2. The predicted octanol–water partition coefficient (Wildman–Crippen LogP) is 4.70. The molecule has 0 fully saturated rings. The van der Waals surface area contributed by atoms with E-state index in [-0.39, 0.29) is 0 Å². The molecule has 0 saturated heterocycles. The summed E-state index contributed by atoms with van der Waals surface area (Å²) in [6.07, 6.45) is 2.81. The quantitative estimate of drug-likeness (QED) is 0.405. The van der Waals surface area contributed by atoms with Crippen molar-refractivity contribution in [2.45, 2.75) is 32.9 Å². The summed E-state index contributed by atoms with van der Waals surface area (Å²) in [4.78, 5) is 10.8. The van der Waals surface area contributed by atoms with E-state index in [1.54, 1.807) is 0 Å². The molecule has 5 nitrogen and oxygen atoms in total. The van der Waals surface area contributed by atoms with Crippen LogP contribution in [0.15, 0.2) is 60.7 Å². The molecule has 0 amide bonds. The molecule has 0 aliphatic carbocycles. The van der Waals surface area contributed by atoms with Gasteiger partial charge in [0.15, 0.2) is 0 Å². The third-order valence-corrected chi connectivity index (χ3v) is 6.91. The van der Waals surface area contributed by atoms with E-state index in [2.05, 4.69) is 48.0 Å². The topological polar surface area (TPSA) is 63.0 Å². The second-order valence-electron chi connectivity index (χ2n) is 8.14. The summed E-state index contributed by atoms with van der Waals surface area (Å²) in [6.45, 7) is 11.2. The second kappa shape index (κ2) is 8.95. The van der Waals surface area contributed by atoms with Gasteiger partial charge in [0.1, 0.15) is 0 Å². The van der Waals surface area contributed by atoms with Crippen molar-refractivity contribution in [3.8, 4) is 5.69 Å². The summed E-state index contributed by atoms with van der Waals surface area (Å²) >= 11 is 0. The summed E-state index contributed by atoms with van der Waals surface area (Å²) in [5.74, 6) is 0.676. The Morgan fingerprint density at radius 1 is 1.18 bits per heavy atom. The van der Waals surface area contributed by atoms with Crippen molar-refractivity contribution >= 4 is 18.7 Å². The first kappa shape index (κ1) is 20.7. The van der Waals surface area contributed by atoms with Gasteiger partial charge in [0, 0.05) is 0 Å². The molecular formula is C22H31N4OP. The van der Waals surface area contributed by atoms with Crippen molar-refractivity contribution in [2.24, 2.45) is 5.92 Å². The van der Waals surface area contributed by atoms with E-state index in [1.165, 1.54) is 0 Å². The molecule has 150 valence electrons. The van der Waals surface area contributed by atoms with E-state index in [4.69, 9.17) is 0 Å². The molecule has 0 aliphatic rings. The van der Waals surface area contributed by atoms with Crippen molar-refractivity contribution in [2.75, 3.05) is 13.2 Å². The maximum absolute atomic E-state index is 10.8. The van der Waals surface area contributed by atoms with Gasteiger partial charge in [-0.15, -0.1) is 0 Å². The minimum absolute atomic E-state index is 0.656. The Bertz CT molecular complexity index is 931. The average molecular weight is 398 g/mol. The van der Waals surface area contributed by atoms with Gasteiger partial charge in [-0.05, 0) is 0 Å². The van der Waals surface area contributed by atoms with E-state index in [9.17, 15) is 4.89 Å². The van der Waals surface area contributed by atoms with Crippen LogP contribution in [0.5, 0.6) is 0 Å². The molecule has 6 heteroatoms. The SMILES string of the molecule is C=C(CCC(C)C)CN[PH](C)(O)Cc1ccc(-n2nnc3ccccc32)cc1. The Morgan fingerprint density at radius 3 is 2.61 bits per heavy atom. The summed E-state index contributed by atoms with van der Waals surface area (Å²) < 4.78 is 1.84. The zero-order valence-electron chi connectivity index (χ0n) is 17.0. The van der Waals surface area contributed by atoms with Gasteiger partial charge >= 0.3 is 168 Å². The van der Waals surface area contributed by atoms with Crippen LogP contribution >= 0.6 is 7.64 Å². The van der Waals surface area contributed by atoms with Crippen molar-refractivity contribution in [3.63, 3.8) is 0 Å². The Balaban J connectivity index is 1.61. The average Bonchev–Trinajstić information content (AvgIpc) is 3.09. The standard InChI is InChI=1S/C22H31N4OP/c1-17(2)9-10-18(3)15-23-28(4,27)16-19-11-13-20(14-12-19)26-22-8-6-5-7-21(22)24-25-26/h5-8,11-14,17,23,27-28H,3,9-10,15-16H2,1-2,4H3. The fourth-order valence-electron chi connectivity index (χ4n) is 3.17. The third-order valence-electron chi connectivity index (χ3n) is 4.88. The summed E-state index contributed by atoms with van der Waals surface area (Å²) in [5.41, 5.74) is 5.11. The van der Waals surface area contributed by atoms with Crippen molar-refractivity contribution in [1.29, 1.82) is 0 Å². The first-order valence-corrected chi connectivity index (χ1v) is 12.5. The van der Waals surface area contributed by atoms with E-state index < -0.39 is 7.64 Å². The van der Waals surface area contributed by atoms with Crippen molar-refractivity contribution < 1.29 is 4.89 Å². The predicted molar refractivity (Wildman–Crippen MR) is 120 cm³/mol. The van der Waals surface area contributed by atoms with E-state index in [0.717, 1.165) is 40.7 Å². The number of nitrogens with zero attached hydrogens (tertiary/aromatic N) is 3. The molecule has 0 bridgehead atoms. The molecule has 0 unspecified atom stereocenters.